The van der Waals surface area contributed by atoms with Gasteiger partial charge in [-0.1, -0.05) is 12.1 Å². The normalized spacial score (nSPS) is 13.2. The van der Waals surface area contributed by atoms with Gasteiger partial charge in [-0.3, -0.25) is 4.79 Å². The summed E-state index contributed by atoms with van der Waals surface area (Å²) in [5.41, 5.74) is 0.265. The van der Waals surface area contributed by atoms with Crippen molar-refractivity contribution in [1.29, 1.82) is 0 Å². The number of halogens is 2. The molecule has 1 aromatic carbocycles. The number of rotatable bonds is 4. The van der Waals surface area contributed by atoms with Crippen molar-refractivity contribution in [2.45, 2.75) is 26.8 Å². The summed E-state index contributed by atoms with van der Waals surface area (Å²) >= 11 is 5.73. The van der Waals surface area contributed by atoms with Crippen LogP contribution in [0.15, 0.2) is 24.3 Å². The van der Waals surface area contributed by atoms with E-state index in [1.165, 1.54) is 12.1 Å². The van der Waals surface area contributed by atoms with Crippen LogP contribution in [0.25, 0.3) is 0 Å². The van der Waals surface area contributed by atoms with Crippen molar-refractivity contribution in [1.82, 2.24) is 5.32 Å². The molecule has 0 fully saturated rings. The van der Waals surface area contributed by atoms with Gasteiger partial charge in [-0.2, -0.15) is 0 Å². The summed E-state index contributed by atoms with van der Waals surface area (Å²) in [6.45, 7) is 5.43. The number of amides is 1. The number of hydrogen-bond acceptors (Lipinski definition) is 1. The maximum Gasteiger partial charge on any atom is 0.227 e. The minimum absolute atomic E-state index is 0.107. The van der Waals surface area contributed by atoms with Gasteiger partial charge in [0.25, 0.3) is 0 Å². The highest BCUT2D eigenvalue weighted by Gasteiger charge is 2.27. The van der Waals surface area contributed by atoms with Gasteiger partial charge in [0, 0.05) is 5.88 Å². The van der Waals surface area contributed by atoms with Crippen molar-refractivity contribution < 1.29 is 9.18 Å². The molecule has 0 unspecified atom stereocenters. The van der Waals surface area contributed by atoms with E-state index in [1.807, 2.05) is 6.92 Å². The first kappa shape index (κ1) is 14.0. The average molecular weight is 258 g/mol. The third kappa shape index (κ3) is 3.70. The second-order valence-electron chi connectivity index (χ2n) is 4.76. The molecule has 94 valence electrons. The highest BCUT2D eigenvalue weighted by Crippen LogP contribution is 2.20. The zero-order chi connectivity index (χ0) is 13.1. The molecule has 0 aliphatic rings. The van der Waals surface area contributed by atoms with Gasteiger partial charge in [0.05, 0.1) is 11.5 Å². The van der Waals surface area contributed by atoms with E-state index in [9.17, 15) is 9.18 Å². The lowest BCUT2D eigenvalue weighted by atomic mass is 9.94. The number of benzene rings is 1. The van der Waals surface area contributed by atoms with Crippen LogP contribution in [0.3, 0.4) is 0 Å². The topological polar surface area (TPSA) is 29.1 Å². The molecule has 0 spiro atoms. The van der Waals surface area contributed by atoms with Gasteiger partial charge in [0.1, 0.15) is 5.82 Å². The van der Waals surface area contributed by atoms with Crippen LogP contribution in [-0.2, 0) is 4.79 Å². The average Bonchev–Trinajstić information content (AvgIpc) is 2.29. The van der Waals surface area contributed by atoms with Crippen LogP contribution in [0.1, 0.15) is 32.4 Å². The molecule has 1 rings (SSSR count). The molecule has 17 heavy (non-hydrogen) atoms. The number of hydrogen-bond donors (Lipinski definition) is 1. The molecule has 1 atom stereocenters. The summed E-state index contributed by atoms with van der Waals surface area (Å²) in [6.07, 6.45) is 0. The van der Waals surface area contributed by atoms with Crippen LogP contribution in [0.4, 0.5) is 4.39 Å². The first-order valence-electron chi connectivity index (χ1n) is 5.49. The van der Waals surface area contributed by atoms with Crippen molar-refractivity contribution in [3.8, 4) is 0 Å². The lowest BCUT2D eigenvalue weighted by Crippen LogP contribution is -2.39. The summed E-state index contributed by atoms with van der Waals surface area (Å²) in [5, 5.41) is 2.86. The molecule has 0 aliphatic heterocycles. The van der Waals surface area contributed by atoms with Gasteiger partial charge in [-0.15, -0.1) is 11.6 Å². The minimum atomic E-state index is -0.601. The molecule has 0 bridgehead atoms. The van der Waals surface area contributed by atoms with E-state index in [2.05, 4.69) is 5.32 Å². The van der Waals surface area contributed by atoms with Crippen LogP contribution in [0, 0.1) is 11.2 Å². The number of alkyl halides is 1. The Morgan fingerprint density at radius 1 is 1.41 bits per heavy atom. The highest BCUT2D eigenvalue weighted by molar-refractivity contribution is 6.19. The third-order valence-corrected chi connectivity index (χ3v) is 3.33. The molecule has 0 aliphatic carbocycles. The molecule has 2 nitrogen and oxygen atoms in total. The fourth-order valence-electron chi connectivity index (χ4n) is 1.29. The molecule has 0 saturated carbocycles. The minimum Gasteiger partial charge on any atom is -0.349 e. The molecular formula is C13H17ClFNO. The second-order valence-corrected chi connectivity index (χ2v) is 5.03. The SMILES string of the molecule is C[C@H](NC(=O)C(C)(C)CCl)c1ccc(F)cc1. The molecule has 1 N–H and O–H groups in total. The monoisotopic (exact) mass is 257 g/mol. The lowest BCUT2D eigenvalue weighted by Gasteiger charge is -2.23. The Morgan fingerprint density at radius 3 is 2.41 bits per heavy atom. The van der Waals surface area contributed by atoms with Crippen LogP contribution < -0.4 is 5.32 Å². The van der Waals surface area contributed by atoms with Gasteiger partial charge in [-0.25, -0.2) is 4.39 Å². The Bertz CT molecular complexity index is 389. The van der Waals surface area contributed by atoms with Crippen molar-refractivity contribution in [3.63, 3.8) is 0 Å². The molecule has 0 heterocycles. The predicted molar refractivity (Wildman–Crippen MR) is 67.5 cm³/mol. The van der Waals surface area contributed by atoms with Crippen molar-refractivity contribution >= 4 is 17.5 Å². The fraction of sp³-hybridized carbons (Fsp3) is 0.462. The van der Waals surface area contributed by atoms with Gasteiger partial charge >= 0.3 is 0 Å². The Labute approximate surface area is 106 Å². The predicted octanol–water partition coefficient (Wildman–Crippen LogP) is 3.27. The summed E-state index contributed by atoms with van der Waals surface area (Å²) in [6, 6.07) is 5.92. The van der Waals surface area contributed by atoms with Crippen molar-refractivity contribution in [3.05, 3.63) is 35.6 Å². The number of nitrogens with one attached hydrogen (secondary N) is 1. The molecule has 1 aromatic rings. The van der Waals surface area contributed by atoms with Gasteiger partial charge in [-0.05, 0) is 38.5 Å². The Balaban J connectivity index is 2.70. The van der Waals surface area contributed by atoms with E-state index < -0.39 is 5.41 Å². The Kier molecular flexibility index (Phi) is 4.52. The molecular weight excluding hydrogens is 241 g/mol. The van der Waals surface area contributed by atoms with E-state index >= 15 is 0 Å². The van der Waals surface area contributed by atoms with Crippen LogP contribution in [0.5, 0.6) is 0 Å². The zero-order valence-corrected chi connectivity index (χ0v) is 11.0. The van der Waals surface area contributed by atoms with Crippen LogP contribution in [-0.4, -0.2) is 11.8 Å². The van der Waals surface area contributed by atoms with E-state index in [0.717, 1.165) is 5.56 Å². The summed E-state index contributed by atoms with van der Waals surface area (Å²) in [7, 11) is 0. The second kappa shape index (κ2) is 5.50. The largest absolute Gasteiger partial charge is 0.349 e. The molecule has 1 amide bonds. The van der Waals surface area contributed by atoms with Gasteiger partial charge in [0.2, 0.25) is 5.91 Å². The molecule has 0 radical (unpaired) electrons. The fourth-order valence-corrected chi connectivity index (χ4v) is 1.41. The molecule has 4 heteroatoms. The Hall–Kier alpha value is -1.09. The molecule has 0 aromatic heterocycles. The van der Waals surface area contributed by atoms with Crippen molar-refractivity contribution in [2.24, 2.45) is 5.41 Å². The standard InChI is InChI=1S/C13H17ClFNO/c1-9(10-4-6-11(15)7-5-10)16-12(17)13(2,3)8-14/h4-7,9H,8H2,1-3H3,(H,16,17)/t9-/m0/s1. The highest BCUT2D eigenvalue weighted by atomic mass is 35.5. The maximum absolute atomic E-state index is 12.8. The van der Waals surface area contributed by atoms with E-state index in [4.69, 9.17) is 11.6 Å². The van der Waals surface area contributed by atoms with Crippen molar-refractivity contribution in [2.75, 3.05) is 5.88 Å². The lowest BCUT2D eigenvalue weighted by molar-refractivity contribution is -0.129. The van der Waals surface area contributed by atoms with Gasteiger partial charge < -0.3 is 5.32 Å². The molecule has 0 saturated heterocycles. The first-order chi connectivity index (χ1) is 7.86. The number of carbonyl (C=O) groups is 1. The van der Waals surface area contributed by atoms with E-state index in [0.29, 0.717) is 0 Å². The summed E-state index contributed by atoms with van der Waals surface area (Å²) in [5.74, 6) is -0.132. The van der Waals surface area contributed by atoms with E-state index in [-0.39, 0.29) is 23.6 Å². The zero-order valence-electron chi connectivity index (χ0n) is 10.3. The van der Waals surface area contributed by atoms with Gasteiger partial charge in [0.15, 0.2) is 0 Å². The summed E-state index contributed by atoms with van der Waals surface area (Å²) < 4.78 is 12.8. The quantitative estimate of drug-likeness (QED) is 0.824. The first-order valence-corrected chi connectivity index (χ1v) is 6.02. The van der Waals surface area contributed by atoms with Crippen LogP contribution >= 0.6 is 11.6 Å². The maximum atomic E-state index is 12.8. The van der Waals surface area contributed by atoms with Crippen LogP contribution in [0.2, 0.25) is 0 Å². The Morgan fingerprint density at radius 2 is 1.94 bits per heavy atom. The number of carbonyl (C=O) groups excluding carboxylic acids is 1. The summed E-state index contributed by atoms with van der Waals surface area (Å²) in [4.78, 5) is 11.9. The van der Waals surface area contributed by atoms with E-state index in [1.54, 1.807) is 26.0 Å². The third-order valence-electron chi connectivity index (χ3n) is 2.67. The smallest absolute Gasteiger partial charge is 0.227 e.